The number of carbonyl (C=O) groups is 2. The average Bonchev–Trinajstić information content (AvgIpc) is 2.56. The van der Waals surface area contributed by atoms with Crippen LogP contribution in [0.4, 0.5) is 0 Å². The number of benzene rings is 1. The summed E-state index contributed by atoms with van der Waals surface area (Å²) in [4.78, 5) is 26.1. The van der Waals surface area contributed by atoms with Gasteiger partial charge in [0.25, 0.3) is 5.91 Å². The van der Waals surface area contributed by atoms with Gasteiger partial charge in [0.15, 0.2) is 0 Å². The highest BCUT2D eigenvalue weighted by Gasteiger charge is 2.22. The van der Waals surface area contributed by atoms with Gasteiger partial charge in [0.05, 0.1) is 20.1 Å². The van der Waals surface area contributed by atoms with E-state index in [0.29, 0.717) is 30.3 Å². The third-order valence-corrected chi connectivity index (χ3v) is 3.70. The normalized spacial score (nSPS) is 11.9. The molecular formula is C18H27NO4. The number of methoxy groups -OCH3 is 2. The molecule has 1 atom stereocenters. The molecule has 0 aliphatic rings. The van der Waals surface area contributed by atoms with Crippen LogP contribution in [0.5, 0.6) is 5.75 Å². The van der Waals surface area contributed by atoms with Crippen LogP contribution in [0.15, 0.2) is 24.3 Å². The second-order valence-electron chi connectivity index (χ2n) is 6.09. The van der Waals surface area contributed by atoms with Gasteiger partial charge < -0.3 is 14.4 Å². The first kappa shape index (κ1) is 19.0. The fraction of sp³-hybridized carbons (Fsp3) is 0.556. The van der Waals surface area contributed by atoms with Crippen molar-refractivity contribution in [1.29, 1.82) is 0 Å². The lowest BCUT2D eigenvalue weighted by Gasteiger charge is -2.26. The van der Waals surface area contributed by atoms with Crippen LogP contribution in [0.2, 0.25) is 0 Å². The van der Waals surface area contributed by atoms with Crippen LogP contribution in [0.25, 0.3) is 0 Å². The summed E-state index contributed by atoms with van der Waals surface area (Å²) >= 11 is 0. The molecule has 1 rings (SSSR count). The Morgan fingerprint density at radius 2 is 1.70 bits per heavy atom. The van der Waals surface area contributed by atoms with E-state index in [1.165, 1.54) is 7.11 Å². The van der Waals surface area contributed by atoms with Crippen molar-refractivity contribution in [2.45, 2.75) is 27.2 Å². The number of carbonyl (C=O) groups excluding carboxylic acids is 2. The summed E-state index contributed by atoms with van der Waals surface area (Å²) in [6.45, 7) is 6.96. The molecule has 5 heteroatoms. The third-order valence-electron chi connectivity index (χ3n) is 3.70. The fourth-order valence-corrected chi connectivity index (χ4v) is 2.21. The molecule has 1 amide bonds. The topological polar surface area (TPSA) is 55.8 Å². The summed E-state index contributed by atoms with van der Waals surface area (Å²) in [6, 6.07) is 7.01. The zero-order valence-corrected chi connectivity index (χ0v) is 14.7. The smallest absolute Gasteiger partial charge is 0.310 e. The zero-order chi connectivity index (χ0) is 17.4. The Balaban J connectivity index is 2.87. The molecule has 0 spiro atoms. The van der Waals surface area contributed by atoms with Crippen LogP contribution in [-0.4, -0.2) is 44.1 Å². The van der Waals surface area contributed by atoms with E-state index in [4.69, 9.17) is 9.47 Å². The minimum absolute atomic E-state index is 0.0796. The van der Waals surface area contributed by atoms with Crippen molar-refractivity contribution in [2.24, 2.45) is 11.8 Å². The van der Waals surface area contributed by atoms with Gasteiger partial charge >= 0.3 is 5.97 Å². The zero-order valence-electron chi connectivity index (χ0n) is 14.7. The Hall–Kier alpha value is -2.04. The van der Waals surface area contributed by atoms with Gasteiger partial charge in [-0.15, -0.1) is 0 Å². The van der Waals surface area contributed by atoms with Crippen LogP contribution < -0.4 is 4.74 Å². The van der Waals surface area contributed by atoms with E-state index in [1.54, 1.807) is 43.2 Å². The van der Waals surface area contributed by atoms with Crippen LogP contribution in [0.3, 0.4) is 0 Å². The van der Waals surface area contributed by atoms with Crippen molar-refractivity contribution < 1.29 is 19.1 Å². The van der Waals surface area contributed by atoms with Crippen LogP contribution in [0.1, 0.15) is 37.6 Å². The SMILES string of the molecule is COC(=O)C(C)CN(CCC(C)C)C(=O)c1ccc(OC)cc1. The molecule has 1 aromatic carbocycles. The van der Waals surface area contributed by atoms with Crippen LogP contribution in [0, 0.1) is 11.8 Å². The summed E-state index contributed by atoms with van der Waals surface area (Å²) in [6.07, 6.45) is 0.885. The standard InChI is InChI=1S/C18H27NO4/c1-13(2)10-11-19(12-14(3)18(21)23-5)17(20)15-6-8-16(22-4)9-7-15/h6-9,13-14H,10-12H2,1-5H3. The van der Waals surface area contributed by atoms with Crippen molar-refractivity contribution >= 4 is 11.9 Å². The lowest BCUT2D eigenvalue weighted by atomic mass is 10.1. The Bertz CT molecular complexity index is 510. The Morgan fingerprint density at radius 3 is 2.17 bits per heavy atom. The van der Waals surface area contributed by atoms with Crippen molar-refractivity contribution in [3.63, 3.8) is 0 Å². The largest absolute Gasteiger partial charge is 0.497 e. The molecule has 0 fully saturated rings. The number of hydrogen-bond donors (Lipinski definition) is 0. The van der Waals surface area contributed by atoms with E-state index in [1.807, 2.05) is 0 Å². The van der Waals surface area contributed by atoms with E-state index in [2.05, 4.69) is 13.8 Å². The summed E-state index contributed by atoms with van der Waals surface area (Å²) in [7, 11) is 2.95. The molecule has 0 aliphatic carbocycles. The first-order valence-corrected chi connectivity index (χ1v) is 7.90. The summed E-state index contributed by atoms with van der Waals surface area (Å²) in [5, 5.41) is 0. The van der Waals surface area contributed by atoms with E-state index in [9.17, 15) is 9.59 Å². The molecule has 0 N–H and O–H groups in total. The lowest BCUT2D eigenvalue weighted by molar-refractivity contribution is -0.145. The number of amides is 1. The van der Waals surface area contributed by atoms with E-state index in [0.717, 1.165) is 6.42 Å². The van der Waals surface area contributed by atoms with Crippen molar-refractivity contribution in [2.75, 3.05) is 27.3 Å². The highest BCUT2D eigenvalue weighted by Crippen LogP contribution is 2.15. The average molecular weight is 321 g/mol. The van der Waals surface area contributed by atoms with E-state index < -0.39 is 0 Å². The molecule has 0 saturated heterocycles. The maximum absolute atomic E-state index is 12.7. The van der Waals surface area contributed by atoms with E-state index >= 15 is 0 Å². The van der Waals surface area contributed by atoms with Gasteiger partial charge in [-0.2, -0.15) is 0 Å². The maximum Gasteiger partial charge on any atom is 0.310 e. The molecule has 0 aromatic heterocycles. The minimum atomic E-state index is -0.352. The summed E-state index contributed by atoms with van der Waals surface area (Å²) in [5.41, 5.74) is 0.589. The summed E-state index contributed by atoms with van der Waals surface area (Å²) in [5.74, 6) is 0.452. The highest BCUT2D eigenvalue weighted by atomic mass is 16.5. The molecule has 1 unspecified atom stereocenters. The maximum atomic E-state index is 12.7. The van der Waals surface area contributed by atoms with Gasteiger partial charge in [-0.05, 0) is 36.6 Å². The molecular weight excluding hydrogens is 294 g/mol. The predicted molar refractivity (Wildman–Crippen MR) is 89.5 cm³/mol. The van der Waals surface area contributed by atoms with Crippen molar-refractivity contribution in [1.82, 2.24) is 4.90 Å². The summed E-state index contributed by atoms with van der Waals surface area (Å²) < 4.78 is 9.87. The molecule has 0 aliphatic heterocycles. The molecule has 1 aromatic rings. The number of rotatable bonds is 8. The lowest BCUT2D eigenvalue weighted by Crippen LogP contribution is -2.38. The monoisotopic (exact) mass is 321 g/mol. The quantitative estimate of drug-likeness (QED) is 0.691. The molecule has 0 radical (unpaired) electrons. The fourth-order valence-electron chi connectivity index (χ4n) is 2.21. The van der Waals surface area contributed by atoms with Gasteiger partial charge in [-0.25, -0.2) is 0 Å². The number of nitrogens with zero attached hydrogens (tertiary/aromatic N) is 1. The predicted octanol–water partition coefficient (Wildman–Crippen LogP) is 2.99. The Morgan fingerprint density at radius 1 is 1.09 bits per heavy atom. The Kier molecular flexibility index (Phi) is 7.59. The van der Waals surface area contributed by atoms with Crippen LogP contribution >= 0.6 is 0 Å². The van der Waals surface area contributed by atoms with Gasteiger partial charge in [0.2, 0.25) is 0 Å². The second kappa shape index (κ2) is 9.18. The molecule has 128 valence electrons. The molecule has 0 heterocycles. The van der Waals surface area contributed by atoms with Gasteiger partial charge in [-0.3, -0.25) is 9.59 Å². The van der Waals surface area contributed by atoms with Crippen molar-refractivity contribution in [3.05, 3.63) is 29.8 Å². The van der Waals surface area contributed by atoms with Gasteiger partial charge in [-0.1, -0.05) is 20.8 Å². The number of ether oxygens (including phenoxy) is 2. The van der Waals surface area contributed by atoms with Crippen molar-refractivity contribution in [3.8, 4) is 5.75 Å². The number of esters is 1. The van der Waals surface area contributed by atoms with Gasteiger partial charge in [0, 0.05) is 18.7 Å². The molecule has 0 saturated carbocycles. The van der Waals surface area contributed by atoms with Crippen LogP contribution in [-0.2, 0) is 9.53 Å². The highest BCUT2D eigenvalue weighted by molar-refractivity contribution is 5.94. The first-order chi connectivity index (χ1) is 10.9. The third kappa shape index (κ3) is 5.93. The molecule has 5 nitrogen and oxygen atoms in total. The Labute approximate surface area is 138 Å². The second-order valence-corrected chi connectivity index (χ2v) is 6.09. The minimum Gasteiger partial charge on any atom is -0.497 e. The number of hydrogen-bond acceptors (Lipinski definition) is 4. The first-order valence-electron chi connectivity index (χ1n) is 7.90. The molecule has 23 heavy (non-hydrogen) atoms. The van der Waals surface area contributed by atoms with E-state index in [-0.39, 0.29) is 17.8 Å². The van der Waals surface area contributed by atoms with Gasteiger partial charge in [0.1, 0.15) is 5.75 Å². The molecule has 0 bridgehead atoms.